The van der Waals surface area contributed by atoms with Crippen LogP contribution in [0.1, 0.15) is 28.8 Å². The topological polar surface area (TPSA) is 58.4 Å². The minimum absolute atomic E-state index is 0.00975. The molecular formula is C14H18F3N3O. The fourth-order valence-corrected chi connectivity index (χ4v) is 2.37. The van der Waals surface area contributed by atoms with Crippen molar-refractivity contribution in [1.29, 1.82) is 0 Å². The molecule has 0 spiro atoms. The molecule has 1 fully saturated rings. The summed E-state index contributed by atoms with van der Waals surface area (Å²) in [4.78, 5) is 14.2. The molecule has 0 bridgehead atoms. The Hall–Kier alpha value is -1.76. The van der Waals surface area contributed by atoms with Crippen LogP contribution in [0.15, 0.2) is 18.2 Å². The molecule has 0 aliphatic carbocycles. The first-order valence-corrected chi connectivity index (χ1v) is 6.73. The average Bonchev–Trinajstić information content (AvgIpc) is 2.39. The molecule has 0 atom stereocenters. The fraction of sp³-hybridized carbons (Fsp3) is 0.500. The zero-order chi connectivity index (χ0) is 15.6. The van der Waals surface area contributed by atoms with Gasteiger partial charge in [0.05, 0.1) is 5.56 Å². The van der Waals surface area contributed by atoms with Crippen LogP contribution in [0.4, 0.5) is 18.9 Å². The number of nitrogens with two attached hydrogens (primary N) is 1. The van der Waals surface area contributed by atoms with Crippen molar-refractivity contribution in [1.82, 2.24) is 10.2 Å². The number of carbonyl (C=O) groups excluding carboxylic acids is 1. The molecule has 1 aromatic carbocycles. The van der Waals surface area contributed by atoms with Crippen molar-refractivity contribution in [3.05, 3.63) is 29.3 Å². The predicted molar refractivity (Wildman–Crippen MR) is 73.8 cm³/mol. The summed E-state index contributed by atoms with van der Waals surface area (Å²) in [5.41, 5.74) is 4.43. The first kappa shape index (κ1) is 15.6. The number of likely N-dealkylation sites (tertiary alicyclic amines) is 1. The maximum absolute atomic E-state index is 12.7. The molecule has 3 N–H and O–H groups in total. The number of hydrogen-bond donors (Lipinski definition) is 2. The van der Waals surface area contributed by atoms with Gasteiger partial charge in [-0.25, -0.2) is 0 Å². The van der Waals surface area contributed by atoms with Gasteiger partial charge in [-0.3, -0.25) is 4.79 Å². The molecule has 0 aromatic heterocycles. The van der Waals surface area contributed by atoms with Crippen molar-refractivity contribution in [3.63, 3.8) is 0 Å². The molecule has 0 unspecified atom stereocenters. The molecule has 116 valence electrons. The lowest BCUT2D eigenvalue weighted by molar-refractivity contribution is -0.137. The number of nitrogen functional groups attached to an aromatic ring is 1. The van der Waals surface area contributed by atoms with Crippen LogP contribution in [0.25, 0.3) is 0 Å². The monoisotopic (exact) mass is 301 g/mol. The lowest BCUT2D eigenvalue weighted by Crippen LogP contribution is -2.43. The van der Waals surface area contributed by atoms with E-state index in [1.54, 1.807) is 0 Å². The Morgan fingerprint density at radius 1 is 1.29 bits per heavy atom. The summed E-state index contributed by atoms with van der Waals surface area (Å²) in [6.07, 6.45) is -2.94. The van der Waals surface area contributed by atoms with Crippen molar-refractivity contribution in [2.45, 2.75) is 25.1 Å². The van der Waals surface area contributed by atoms with Gasteiger partial charge in [-0.2, -0.15) is 13.2 Å². The van der Waals surface area contributed by atoms with Gasteiger partial charge in [-0.1, -0.05) is 0 Å². The van der Waals surface area contributed by atoms with Crippen LogP contribution in [-0.4, -0.2) is 37.0 Å². The summed E-state index contributed by atoms with van der Waals surface area (Å²) in [5.74, 6) is -0.512. The molecule has 1 heterocycles. The number of nitrogens with zero attached hydrogens (tertiary/aromatic N) is 1. The van der Waals surface area contributed by atoms with Gasteiger partial charge in [0, 0.05) is 17.3 Å². The van der Waals surface area contributed by atoms with Gasteiger partial charge < -0.3 is 16.0 Å². The molecule has 0 saturated carbocycles. The molecular weight excluding hydrogens is 283 g/mol. The second kappa shape index (κ2) is 5.93. The third-order valence-corrected chi connectivity index (χ3v) is 3.60. The van der Waals surface area contributed by atoms with Crippen LogP contribution in [-0.2, 0) is 6.18 Å². The minimum atomic E-state index is -4.52. The van der Waals surface area contributed by atoms with E-state index in [1.807, 2.05) is 7.05 Å². The Labute approximate surface area is 121 Å². The number of carbonyl (C=O) groups is 1. The highest BCUT2D eigenvalue weighted by Crippen LogP contribution is 2.31. The van der Waals surface area contributed by atoms with Gasteiger partial charge in [-0.05, 0) is 51.2 Å². The van der Waals surface area contributed by atoms with Crippen molar-refractivity contribution >= 4 is 11.6 Å². The first-order chi connectivity index (χ1) is 9.75. The van der Waals surface area contributed by atoms with Crippen molar-refractivity contribution in [3.8, 4) is 0 Å². The summed E-state index contributed by atoms with van der Waals surface area (Å²) >= 11 is 0. The largest absolute Gasteiger partial charge is 0.416 e. The minimum Gasteiger partial charge on any atom is -0.399 e. The maximum Gasteiger partial charge on any atom is 0.416 e. The summed E-state index contributed by atoms with van der Waals surface area (Å²) in [5, 5.41) is 2.77. The molecule has 4 nitrogen and oxygen atoms in total. The number of piperidine rings is 1. The fourth-order valence-electron chi connectivity index (χ4n) is 2.37. The third-order valence-electron chi connectivity index (χ3n) is 3.60. The van der Waals surface area contributed by atoms with E-state index >= 15 is 0 Å². The van der Waals surface area contributed by atoms with Gasteiger partial charge in [-0.15, -0.1) is 0 Å². The van der Waals surface area contributed by atoms with E-state index in [1.165, 1.54) is 6.07 Å². The van der Waals surface area contributed by atoms with Crippen molar-refractivity contribution < 1.29 is 18.0 Å². The third kappa shape index (κ3) is 4.10. The summed E-state index contributed by atoms with van der Waals surface area (Å²) in [6.45, 7) is 1.71. The molecule has 21 heavy (non-hydrogen) atoms. The molecule has 1 saturated heterocycles. The molecule has 7 heteroatoms. The lowest BCUT2D eigenvalue weighted by Gasteiger charge is -2.29. The van der Waals surface area contributed by atoms with Gasteiger partial charge in [0.1, 0.15) is 0 Å². The Morgan fingerprint density at radius 3 is 2.48 bits per heavy atom. The van der Waals surface area contributed by atoms with Gasteiger partial charge in [0.15, 0.2) is 0 Å². The van der Waals surface area contributed by atoms with E-state index in [9.17, 15) is 18.0 Å². The normalized spacial score (nSPS) is 17.7. The zero-order valence-electron chi connectivity index (χ0n) is 11.7. The standard InChI is InChI=1S/C14H18F3N3O/c1-20-4-2-12(3-5-20)19-13(21)9-6-10(14(15,16)17)8-11(18)7-9/h6-8,12H,2-5,18H2,1H3,(H,19,21). The highest BCUT2D eigenvalue weighted by atomic mass is 19.4. The van der Waals surface area contributed by atoms with Crippen molar-refractivity contribution in [2.75, 3.05) is 25.9 Å². The van der Waals surface area contributed by atoms with Crippen LogP contribution in [0.3, 0.4) is 0 Å². The molecule has 1 amide bonds. The van der Waals surface area contributed by atoms with Crippen molar-refractivity contribution in [2.24, 2.45) is 0 Å². The average molecular weight is 301 g/mol. The van der Waals surface area contributed by atoms with E-state index in [-0.39, 0.29) is 17.3 Å². The second-order valence-corrected chi connectivity index (χ2v) is 5.39. The molecule has 2 rings (SSSR count). The number of hydrogen-bond acceptors (Lipinski definition) is 3. The Morgan fingerprint density at radius 2 is 1.90 bits per heavy atom. The van der Waals surface area contributed by atoms with Gasteiger partial charge in [0.25, 0.3) is 5.91 Å². The van der Waals surface area contributed by atoms with Crippen LogP contribution in [0, 0.1) is 0 Å². The number of rotatable bonds is 2. The van der Waals surface area contributed by atoms with E-state index in [4.69, 9.17) is 5.73 Å². The Kier molecular flexibility index (Phi) is 4.41. The van der Waals surface area contributed by atoms with Crippen LogP contribution in [0.5, 0.6) is 0 Å². The second-order valence-electron chi connectivity index (χ2n) is 5.39. The first-order valence-electron chi connectivity index (χ1n) is 6.73. The number of amides is 1. The Balaban J connectivity index is 2.10. The lowest BCUT2D eigenvalue weighted by atomic mass is 10.0. The molecule has 0 radical (unpaired) electrons. The number of alkyl halides is 3. The van der Waals surface area contributed by atoms with Crippen LogP contribution < -0.4 is 11.1 Å². The quantitative estimate of drug-likeness (QED) is 0.823. The molecule has 1 aliphatic rings. The highest BCUT2D eigenvalue weighted by molar-refractivity contribution is 5.95. The van der Waals surface area contributed by atoms with E-state index < -0.39 is 17.6 Å². The summed E-state index contributed by atoms with van der Waals surface area (Å²) in [6, 6.07) is 2.91. The van der Waals surface area contributed by atoms with E-state index in [0.29, 0.717) is 0 Å². The van der Waals surface area contributed by atoms with E-state index in [0.717, 1.165) is 38.1 Å². The predicted octanol–water partition coefficient (Wildman–Crippen LogP) is 2.11. The molecule has 1 aliphatic heterocycles. The number of halogens is 3. The smallest absolute Gasteiger partial charge is 0.399 e. The highest BCUT2D eigenvalue weighted by Gasteiger charge is 2.31. The van der Waals surface area contributed by atoms with Crippen LogP contribution >= 0.6 is 0 Å². The van der Waals surface area contributed by atoms with Gasteiger partial charge >= 0.3 is 6.18 Å². The number of benzene rings is 1. The zero-order valence-corrected chi connectivity index (χ0v) is 11.7. The molecule has 1 aromatic rings. The Bertz CT molecular complexity index is 523. The van der Waals surface area contributed by atoms with Crippen LogP contribution in [0.2, 0.25) is 0 Å². The number of nitrogens with one attached hydrogen (secondary N) is 1. The maximum atomic E-state index is 12.7. The number of anilines is 1. The van der Waals surface area contributed by atoms with Gasteiger partial charge in [0.2, 0.25) is 0 Å². The summed E-state index contributed by atoms with van der Waals surface area (Å²) < 4.78 is 38.2. The summed E-state index contributed by atoms with van der Waals surface area (Å²) in [7, 11) is 1.99. The van der Waals surface area contributed by atoms with E-state index in [2.05, 4.69) is 10.2 Å². The SMILES string of the molecule is CN1CCC(NC(=O)c2cc(N)cc(C(F)(F)F)c2)CC1.